The maximum absolute atomic E-state index is 12.1. The van der Waals surface area contributed by atoms with Crippen LogP contribution in [-0.2, 0) is 16.4 Å². The Hall–Kier alpha value is -0.510. The van der Waals surface area contributed by atoms with Crippen molar-refractivity contribution in [3.63, 3.8) is 0 Å². The molecule has 0 aliphatic carbocycles. The van der Waals surface area contributed by atoms with Crippen LogP contribution < -0.4 is 4.72 Å². The largest absolute Gasteiger partial charge is 0.264 e. The van der Waals surface area contributed by atoms with E-state index < -0.39 is 10.0 Å². The molecule has 0 fully saturated rings. The molecule has 2 heterocycles. The molecule has 5 nitrogen and oxygen atoms in total. The summed E-state index contributed by atoms with van der Waals surface area (Å²) in [5.74, 6) is 0. The maximum Gasteiger partial charge on any atom is 0.264 e. The van der Waals surface area contributed by atoms with E-state index in [0.29, 0.717) is 5.13 Å². The molecule has 2 aromatic heterocycles. The average Bonchev–Trinajstić information content (AvgIpc) is 2.84. The molecule has 2 aromatic rings. The molecule has 2 rings (SSSR count). The first-order chi connectivity index (χ1) is 8.42. The van der Waals surface area contributed by atoms with E-state index in [9.17, 15) is 8.42 Å². The molecule has 0 unspecified atom stereocenters. The van der Waals surface area contributed by atoms with Gasteiger partial charge in [-0.05, 0) is 35.3 Å². The molecule has 98 valence electrons. The Morgan fingerprint density at radius 2 is 2.11 bits per heavy atom. The summed E-state index contributed by atoms with van der Waals surface area (Å²) in [6, 6.07) is 1.59. The molecule has 0 aromatic carbocycles. The third kappa shape index (κ3) is 2.90. The molecular formula is C9H10BrN3O2S3. The number of rotatable bonds is 4. The highest BCUT2D eigenvalue weighted by molar-refractivity contribution is 9.11. The number of aromatic nitrogens is 2. The smallest absolute Gasteiger partial charge is 0.253 e. The SMILES string of the molecule is CCc1nnc(NS(=O)(=O)c2cc(Br)sc2C)s1. The van der Waals surface area contributed by atoms with Crippen LogP contribution >= 0.6 is 38.6 Å². The number of halogens is 1. The van der Waals surface area contributed by atoms with Gasteiger partial charge in [0.2, 0.25) is 5.13 Å². The van der Waals surface area contributed by atoms with Crippen LogP contribution in [0.25, 0.3) is 0 Å². The van der Waals surface area contributed by atoms with Crippen molar-refractivity contribution in [2.24, 2.45) is 0 Å². The molecule has 0 spiro atoms. The van der Waals surface area contributed by atoms with Crippen molar-refractivity contribution >= 4 is 53.8 Å². The van der Waals surface area contributed by atoms with Crippen LogP contribution in [0, 0.1) is 6.92 Å². The average molecular weight is 368 g/mol. The number of nitrogens with one attached hydrogen (secondary N) is 1. The number of aryl methyl sites for hydroxylation is 2. The quantitative estimate of drug-likeness (QED) is 0.901. The lowest BCUT2D eigenvalue weighted by atomic mass is 10.5. The highest BCUT2D eigenvalue weighted by Crippen LogP contribution is 2.31. The maximum atomic E-state index is 12.1. The highest BCUT2D eigenvalue weighted by atomic mass is 79.9. The summed E-state index contributed by atoms with van der Waals surface area (Å²) in [6.07, 6.45) is 0.739. The number of sulfonamides is 1. The molecule has 0 saturated heterocycles. The fourth-order valence-corrected chi connectivity index (χ4v) is 5.63. The van der Waals surface area contributed by atoms with Gasteiger partial charge in [0.25, 0.3) is 10.0 Å². The molecular weight excluding hydrogens is 358 g/mol. The number of nitrogens with zero attached hydrogens (tertiary/aromatic N) is 2. The number of anilines is 1. The lowest BCUT2D eigenvalue weighted by Crippen LogP contribution is -2.12. The second kappa shape index (κ2) is 5.24. The van der Waals surface area contributed by atoms with Crippen molar-refractivity contribution in [1.82, 2.24) is 10.2 Å². The minimum absolute atomic E-state index is 0.271. The minimum Gasteiger partial charge on any atom is -0.253 e. The molecule has 0 aliphatic rings. The number of hydrogen-bond acceptors (Lipinski definition) is 6. The van der Waals surface area contributed by atoms with E-state index in [0.717, 1.165) is 20.1 Å². The lowest BCUT2D eigenvalue weighted by molar-refractivity contribution is 0.601. The van der Waals surface area contributed by atoms with E-state index in [2.05, 4.69) is 30.8 Å². The van der Waals surface area contributed by atoms with Crippen LogP contribution in [0.1, 0.15) is 16.8 Å². The molecule has 1 N–H and O–H groups in total. The molecule has 0 saturated carbocycles. The van der Waals surface area contributed by atoms with Gasteiger partial charge in [-0.25, -0.2) is 8.42 Å². The second-order valence-corrected chi connectivity index (χ2v) is 8.78. The summed E-state index contributed by atoms with van der Waals surface area (Å²) in [4.78, 5) is 1.00. The lowest BCUT2D eigenvalue weighted by Gasteiger charge is -2.02. The first-order valence-electron chi connectivity index (χ1n) is 5.03. The van der Waals surface area contributed by atoms with Gasteiger partial charge in [-0.2, -0.15) is 0 Å². The zero-order valence-corrected chi connectivity index (χ0v) is 13.6. The van der Waals surface area contributed by atoms with Crippen molar-refractivity contribution in [2.75, 3.05) is 4.72 Å². The van der Waals surface area contributed by atoms with E-state index in [4.69, 9.17) is 0 Å². The number of hydrogen-bond donors (Lipinski definition) is 1. The van der Waals surface area contributed by atoms with Gasteiger partial charge in [0.1, 0.15) is 9.90 Å². The van der Waals surface area contributed by atoms with Gasteiger partial charge in [0.15, 0.2) is 0 Å². The summed E-state index contributed by atoms with van der Waals surface area (Å²) in [5, 5.41) is 8.78. The van der Waals surface area contributed by atoms with Gasteiger partial charge >= 0.3 is 0 Å². The Bertz CT molecular complexity index is 662. The Labute approximate surface area is 121 Å². The van der Waals surface area contributed by atoms with E-state index >= 15 is 0 Å². The van der Waals surface area contributed by atoms with Gasteiger partial charge in [-0.1, -0.05) is 18.3 Å². The van der Waals surface area contributed by atoms with E-state index in [1.165, 1.54) is 22.7 Å². The fourth-order valence-electron chi connectivity index (χ4n) is 1.31. The monoisotopic (exact) mass is 367 g/mol. The van der Waals surface area contributed by atoms with Gasteiger partial charge < -0.3 is 0 Å². The predicted molar refractivity (Wildman–Crippen MR) is 76.9 cm³/mol. The Kier molecular flexibility index (Phi) is 4.05. The van der Waals surface area contributed by atoms with Crippen LogP contribution in [0.5, 0.6) is 0 Å². The van der Waals surface area contributed by atoms with Crippen LogP contribution in [-0.4, -0.2) is 18.6 Å². The van der Waals surface area contributed by atoms with Crippen LogP contribution in [0.2, 0.25) is 0 Å². The first-order valence-corrected chi connectivity index (χ1v) is 8.94. The molecule has 0 aliphatic heterocycles. The van der Waals surface area contributed by atoms with E-state index in [-0.39, 0.29) is 4.90 Å². The molecule has 0 amide bonds. The topological polar surface area (TPSA) is 72.0 Å². The van der Waals surface area contributed by atoms with Crippen molar-refractivity contribution in [3.8, 4) is 0 Å². The standard InChI is InChI=1S/C9H10BrN3O2S3/c1-3-8-11-12-9(17-8)13-18(14,15)6-4-7(10)16-5(6)2/h4H,3H2,1-2H3,(H,12,13). The Balaban J connectivity index is 2.29. The fraction of sp³-hybridized carbons (Fsp3) is 0.333. The predicted octanol–water partition coefficient (Wildman–Crippen LogP) is 3.03. The summed E-state index contributed by atoms with van der Waals surface area (Å²) in [6.45, 7) is 3.71. The van der Waals surface area contributed by atoms with Gasteiger partial charge in [0, 0.05) is 4.88 Å². The molecule has 0 atom stereocenters. The Morgan fingerprint density at radius 3 is 2.61 bits per heavy atom. The summed E-state index contributed by atoms with van der Waals surface area (Å²) >= 11 is 5.90. The summed E-state index contributed by atoms with van der Waals surface area (Å²) < 4.78 is 27.5. The Morgan fingerprint density at radius 1 is 1.39 bits per heavy atom. The van der Waals surface area contributed by atoms with Crippen LogP contribution in [0.4, 0.5) is 5.13 Å². The summed E-state index contributed by atoms with van der Waals surface area (Å²) in [5.41, 5.74) is 0. The van der Waals surface area contributed by atoms with Crippen molar-refractivity contribution in [2.45, 2.75) is 25.2 Å². The molecule has 9 heteroatoms. The van der Waals surface area contributed by atoms with Gasteiger partial charge in [0.05, 0.1) is 3.79 Å². The third-order valence-corrected chi connectivity index (χ3v) is 6.38. The zero-order chi connectivity index (χ0) is 13.3. The van der Waals surface area contributed by atoms with Crippen molar-refractivity contribution in [3.05, 3.63) is 19.7 Å². The highest BCUT2D eigenvalue weighted by Gasteiger charge is 2.21. The van der Waals surface area contributed by atoms with Gasteiger partial charge in [-0.15, -0.1) is 21.5 Å². The van der Waals surface area contributed by atoms with Gasteiger partial charge in [-0.3, -0.25) is 4.72 Å². The molecule has 0 bridgehead atoms. The first kappa shape index (κ1) is 13.9. The third-order valence-electron chi connectivity index (χ3n) is 2.12. The van der Waals surface area contributed by atoms with Crippen LogP contribution in [0.3, 0.4) is 0 Å². The number of thiophene rings is 1. The molecule has 0 radical (unpaired) electrons. The van der Waals surface area contributed by atoms with Crippen molar-refractivity contribution < 1.29 is 8.42 Å². The zero-order valence-electron chi connectivity index (χ0n) is 9.60. The van der Waals surface area contributed by atoms with Crippen LogP contribution in [0.15, 0.2) is 14.7 Å². The molecule has 18 heavy (non-hydrogen) atoms. The second-order valence-electron chi connectivity index (χ2n) is 3.43. The van der Waals surface area contributed by atoms with Crippen molar-refractivity contribution in [1.29, 1.82) is 0 Å². The summed E-state index contributed by atoms with van der Waals surface area (Å²) in [7, 11) is -3.58. The van der Waals surface area contributed by atoms with E-state index in [1.807, 2.05) is 6.92 Å². The minimum atomic E-state index is -3.58. The normalized spacial score (nSPS) is 11.7. The van der Waals surface area contributed by atoms with E-state index in [1.54, 1.807) is 13.0 Å².